The number of benzene rings is 1. The molecule has 1 atom stereocenters. The second kappa shape index (κ2) is 6.53. The van der Waals surface area contributed by atoms with Crippen LogP contribution in [0.5, 0.6) is 5.75 Å². The Kier molecular flexibility index (Phi) is 5.06. The van der Waals surface area contributed by atoms with Gasteiger partial charge in [-0.2, -0.15) is 21.6 Å². The van der Waals surface area contributed by atoms with Gasteiger partial charge in [-0.1, -0.05) is 6.07 Å². The minimum Gasteiger partial charge on any atom is -0.491 e. The first-order chi connectivity index (χ1) is 11.7. The highest BCUT2D eigenvalue weighted by Gasteiger charge is 2.46. The Hall–Kier alpha value is -2.17. The molecule has 0 unspecified atom stereocenters. The van der Waals surface area contributed by atoms with Crippen molar-refractivity contribution in [2.24, 2.45) is 0 Å². The highest BCUT2D eigenvalue weighted by Crippen LogP contribution is 2.38. The molecule has 1 N–H and O–H groups in total. The largest absolute Gasteiger partial charge is 0.516 e. The van der Waals surface area contributed by atoms with E-state index in [0.717, 1.165) is 6.07 Å². The molecular formula is C15H19F3N2O5S. The normalized spacial score (nSPS) is 17.3. The van der Waals surface area contributed by atoms with Crippen molar-refractivity contribution in [1.82, 2.24) is 4.90 Å². The van der Waals surface area contributed by atoms with E-state index in [1.807, 2.05) is 0 Å². The van der Waals surface area contributed by atoms with Crippen LogP contribution in [0.25, 0.3) is 0 Å². The summed E-state index contributed by atoms with van der Waals surface area (Å²) in [5.41, 5.74) is -5.87. The molecule has 1 aromatic carbocycles. The highest BCUT2D eigenvalue weighted by atomic mass is 32.2. The molecule has 1 amide bonds. The summed E-state index contributed by atoms with van der Waals surface area (Å²) < 4.78 is 71.8. The lowest BCUT2D eigenvalue weighted by molar-refractivity contribution is -0.0429. The van der Waals surface area contributed by atoms with Crippen molar-refractivity contribution in [2.45, 2.75) is 37.9 Å². The van der Waals surface area contributed by atoms with Gasteiger partial charge in [0.1, 0.15) is 18.0 Å². The van der Waals surface area contributed by atoms with Gasteiger partial charge in [0.25, 0.3) is 0 Å². The first-order valence-corrected chi connectivity index (χ1v) is 9.01. The van der Waals surface area contributed by atoms with Crippen molar-refractivity contribution >= 4 is 21.8 Å². The Labute approximate surface area is 149 Å². The second-order valence-electron chi connectivity index (χ2n) is 6.72. The van der Waals surface area contributed by atoms with Crippen molar-refractivity contribution in [3.05, 3.63) is 23.8 Å². The average molecular weight is 396 g/mol. The molecular weight excluding hydrogens is 377 g/mol. The Bertz CT molecular complexity index is 802. The number of carbonyl (C=O) groups excluding carboxylic acids is 1. The molecule has 0 aromatic heterocycles. The molecule has 1 aliphatic heterocycles. The van der Waals surface area contributed by atoms with E-state index in [0.29, 0.717) is 5.56 Å². The van der Waals surface area contributed by atoms with E-state index in [1.165, 1.54) is 28.8 Å². The van der Waals surface area contributed by atoms with Gasteiger partial charge in [0.15, 0.2) is 0 Å². The molecule has 146 valence electrons. The molecule has 0 aliphatic carbocycles. The van der Waals surface area contributed by atoms with Crippen LogP contribution < -0.4 is 9.46 Å². The number of hydrogen-bond donors (Lipinski definition) is 1. The molecule has 1 aliphatic rings. The summed E-state index contributed by atoms with van der Waals surface area (Å²) in [5.74, 6) is 0.188. The Morgan fingerprint density at radius 1 is 1.31 bits per heavy atom. The minimum atomic E-state index is -5.52. The van der Waals surface area contributed by atoms with Gasteiger partial charge in [-0.15, -0.1) is 0 Å². The first kappa shape index (κ1) is 20.1. The number of rotatable bonds is 3. The van der Waals surface area contributed by atoms with Gasteiger partial charge >= 0.3 is 21.6 Å². The number of sulfonamides is 1. The van der Waals surface area contributed by atoms with Crippen LogP contribution in [0.1, 0.15) is 32.4 Å². The quantitative estimate of drug-likeness (QED) is 0.848. The summed E-state index contributed by atoms with van der Waals surface area (Å²) in [7, 11) is -4.01. The zero-order chi connectivity index (χ0) is 19.9. The standard InChI is InChI=1S/C15H19F3N2O5S/c1-14(2,3)25-13(21)20(4)11-8-24-12-7-9(5-6-10(11)12)19-26(22,23)15(16,17)18/h5-7,11,19H,8H2,1-4H3/t11-/m1/s1. The predicted molar refractivity (Wildman–Crippen MR) is 87.3 cm³/mol. The maximum absolute atomic E-state index is 12.4. The average Bonchev–Trinajstić information content (AvgIpc) is 2.85. The van der Waals surface area contributed by atoms with Crippen molar-refractivity contribution in [2.75, 3.05) is 18.4 Å². The third kappa shape index (κ3) is 4.32. The number of halogens is 3. The summed E-state index contributed by atoms with van der Waals surface area (Å²) in [6.45, 7) is 5.23. The maximum atomic E-state index is 12.4. The van der Waals surface area contributed by atoms with Crippen molar-refractivity contribution < 1.29 is 35.9 Å². The smallest absolute Gasteiger partial charge is 0.491 e. The first-order valence-electron chi connectivity index (χ1n) is 7.53. The molecule has 0 bridgehead atoms. The summed E-state index contributed by atoms with van der Waals surface area (Å²) in [6, 6.07) is 3.21. The summed E-state index contributed by atoms with van der Waals surface area (Å²) in [6.07, 6.45) is -0.583. The van der Waals surface area contributed by atoms with Crippen LogP contribution >= 0.6 is 0 Å². The van der Waals surface area contributed by atoms with Crippen LogP contribution in [-0.2, 0) is 14.8 Å². The van der Waals surface area contributed by atoms with Crippen molar-refractivity contribution in [3.8, 4) is 5.75 Å². The number of fused-ring (bicyclic) bond motifs is 1. The molecule has 1 heterocycles. The number of nitrogens with one attached hydrogen (secondary N) is 1. The number of likely N-dealkylation sites (N-methyl/N-ethyl adjacent to an activating group) is 1. The molecule has 0 fully saturated rings. The second-order valence-corrected chi connectivity index (χ2v) is 8.40. The van der Waals surface area contributed by atoms with E-state index in [2.05, 4.69) is 0 Å². The van der Waals surface area contributed by atoms with Gasteiger partial charge in [-0.05, 0) is 26.8 Å². The third-order valence-corrected chi connectivity index (χ3v) is 4.59. The lowest BCUT2D eigenvalue weighted by atomic mass is 10.1. The van der Waals surface area contributed by atoms with Gasteiger partial charge in [0, 0.05) is 18.7 Å². The number of hydrogen-bond acceptors (Lipinski definition) is 5. The Balaban J connectivity index is 2.19. The van der Waals surface area contributed by atoms with E-state index in [1.54, 1.807) is 20.8 Å². The number of nitrogens with zero attached hydrogens (tertiary/aromatic N) is 1. The molecule has 11 heteroatoms. The summed E-state index contributed by atoms with van der Waals surface area (Å²) in [5, 5.41) is 0. The molecule has 2 rings (SSSR count). The van der Waals surface area contributed by atoms with Crippen LogP contribution in [0.3, 0.4) is 0 Å². The monoisotopic (exact) mass is 396 g/mol. The van der Waals surface area contributed by atoms with Crippen molar-refractivity contribution in [3.63, 3.8) is 0 Å². The topological polar surface area (TPSA) is 84.9 Å². The third-order valence-electron chi connectivity index (χ3n) is 3.48. The van der Waals surface area contributed by atoms with Crippen molar-refractivity contribution in [1.29, 1.82) is 0 Å². The molecule has 0 saturated heterocycles. The van der Waals surface area contributed by atoms with Crippen LogP contribution in [0.15, 0.2) is 18.2 Å². The molecule has 0 radical (unpaired) electrons. The van der Waals surface area contributed by atoms with Gasteiger partial charge < -0.3 is 14.4 Å². The summed E-state index contributed by atoms with van der Waals surface area (Å²) >= 11 is 0. The molecule has 1 aromatic rings. The molecule has 0 saturated carbocycles. The lowest BCUT2D eigenvalue weighted by Gasteiger charge is -2.28. The predicted octanol–water partition coefficient (Wildman–Crippen LogP) is 3.25. The fourth-order valence-corrected chi connectivity index (χ4v) is 2.80. The molecule has 7 nitrogen and oxygen atoms in total. The van der Waals surface area contributed by atoms with Gasteiger partial charge in [-0.25, -0.2) is 4.79 Å². The Morgan fingerprint density at radius 2 is 1.92 bits per heavy atom. The fraction of sp³-hybridized carbons (Fsp3) is 0.533. The number of anilines is 1. The van der Waals surface area contributed by atoms with E-state index >= 15 is 0 Å². The number of ether oxygens (including phenoxy) is 2. The zero-order valence-electron chi connectivity index (χ0n) is 14.5. The van der Waals surface area contributed by atoms with Crippen LogP contribution in [0.2, 0.25) is 0 Å². The SMILES string of the molecule is CN(C(=O)OC(C)(C)C)[C@@H]1COc2cc(NS(=O)(=O)C(F)(F)F)ccc21. The molecule has 26 heavy (non-hydrogen) atoms. The van der Waals surface area contributed by atoms with E-state index in [9.17, 15) is 26.4 Å². The van der Waals surface area contributed by atoms with Gasteiger partial charge in [-0.3, -0.25) is 4.72 Å². The summed E-state index contributed by atoms with van der Waals surface area (Å²) in [4.78, 5) is 13.5. The van der Waals surface area contributed by atoms with Crippen LogP contribution in [-0.4, -0.2) is 44.2 Å². The number of carbonyl (C=O) groups is 1. The van der Waals surface area contributed by atoms with Gasteiger partial charge in [0.2, 0.25) is 0 Å². The number of alkyl halides is 3. The van der Waals surface area contributed by atoms with Crippen LogP contribution in [0.4, 0.5) is 23.7 Å². The molecule has 0 spiro atoms. The Morgan fingerprint density at radius 3 is 2.46 bits per heavy atom. The van der Waals surface area contributed by atoms with Crippen LogP contribution in [0, 0.1) is 0 Å². The fourth-order valence-electron chi connectivity index (χ4n) is 2.25. The highest BCUT2D eigenvalue weighted by molar-refractivity contribution is 7.93. The maximum Gasteiger partial charge on any atom is 0.516 e. The lowest BCUT2D eigenvalue weighted by Crippen LogP contribution is -2.37. The van der Waals surface area contributed by atoms with E-state index < -0.39 is 33.3 Å². The van der Waals surface area contributed by atoms with E-state index in [-0.39, 0.29) is 18.0 Å². The van der Waals surface area contributed by atoms with E-state index in [4.69, 9.17) is 9.47 Å². The zero-order valence-corrected chi connectivity index (χ0v) is 15.4. The number of amides is 1. The van der Waals surface area contributed by atoms with Gasteiger partial charge in [0.05, 0.1) is 11.7 Å². The minimum absolute atomic E-state index is 0.0700.